The first-order valence-electron chi connectivity index (χ1n) is 7.72. The van der Waals surface area contributed by atoms with Gasteiger partial charge in [-0.1, -0.05) is 13.8 Å². The summed E-state index contributed by atoms with van der Waals surface area (Å²) >= 11 is 0. The number of aromatic carboxylic acids is 1. The number of sulfone groups is 1. The van der Waals surface area contributed by atoms with Crippen LogP contribution in [0, 0.1) is 6.92 Å². The number of carboxylic acids is 1. The quantitative estimate of drug-likeness (QED) is 0.818. The zero-order valence-electron chi connectivity index (χ0n) is 14.8. The van der Waals surface area contributed by atoms with Gasteiger partial charge >= 0.3 is 5.97 Å². The van der Waals surface area contributed by atoms with E-state index in [4.69, 9.17) is 0 Å². The minimum atomic E-state index is -3.65. The lowest BCUT2D eigenvalue weighted by Gasteiger charge is -2.13. The standard InChI is InChI=1S/C17H19N3O5S/c1-9(2)15-14(8-18-10(3)19-15)16(21)20-12-5-11(17(22)23)6-13(7-12)26(4,24)25/h5-9H,1-4H3,(H,20,21)(H,22,23). The summed E-state index contributed by atoms with van der Waals surface area (Å²) in [6, 6.07) is 3.45. The van der Waals surface area contributed by atoms with Crippen LogP contribution in [-0.2, 0) is 9.84 Å². The molecule has 0 aliphatic rings. The molecule has 1 aromatic heterocycles. The lowest BCUT2D eigenvalue weighted by Crippen LogP contribution is -2.18. The molecule has 0 atom stereocenters. The van der Waals surface area contributed by atoms with Gasteiger partial charge in [0.1, 0.15) is 5.82 Å². The van der Waals surface area contributed by atoms with Crippen molar-refractivity contribution in [2.24, 2.45) is 0 Å². The molecule has 8 nitrogen and oxygen atoms in total. The van der Waals surface area contributed by atoms with Crippen molar-refractivity contribution in [2.45, 2.75) is 31.6 Å². The van der Waals surface area contributed by atoms with Crippen LogP contribution in [0.1, 0.15) is 52.0 Å². The molecular weight excluding hydrogens is 358 g/mol. The van der Waals surface area contributed by atoms with Crippen molar-refractivity contribution >= 4 is 27.4 Å². The van der Waals surface area contributed by atoms with E-state index in [1.807, 2.05) is 13.8 Å². The molecule has 0 unspecified atom stereocenters. The maximum Gasteiger partial charge on any atom is 0.335 e. The van der Waals surface area contributed by atoms with E-state index in [-0.39, 0.29) is 27.6 Å². The van der Waals surface area contributed by atoms with Crippen LogP contribution in [-0.4, -0.2) is 41.6 Å². The third-order valence-electron chi connectivity index (χ3n) is 3.57. The fraction of sp³-hybridized carbons (Fsp3) is 0.294. The molecule has 1 aromatic carbocycles. The third kappa shape index (κ3) is 4.42. The molecular formula is C17H19N3O5S. The van der Waals surface area contributed by atoms with Gasteiger partial charge in [-0.3, -0.25) is 4.79 Å². The zero-order chi connectivity index (χ0) is 19.6. The van der Waals surface area contributed by atoms with E-state index in [0.717, 1.165) is 12.3 Å². The maximum atomic E-state index is 12.6. The van der Waals surface area contributed by atoms with Crippen LogP contribution < -0.4 is 5.32 Å². The van der Waals surface area contributed by atoms with Gasteiger partial charge in [-0.25, -0.2) is 23.2 Å². The summed E-state index contributed by atoms with van der Waals surface area (Å²) in [5.74, 6) is -1.35. The fourth-order valence-electron chi connectivity index (χ4n) is 2.31. The molecule has 0 aliphatic heterocycles. The van der Waals surface area contributed by atoms with Crippen molar-refractivity contribution < 1.29 is 23.1 Å². The highest BCUT2D eigenvalue weighted by molar-refractivity contribution is 7.90. The van der Waals surface area contributed by atoms with E-state index in [1.54, 1.807) is 6.92 Å². The van der Waals surface area contributed by atoms with E-state index >= 15 is 0 Å². The predicted octanol–water partition coefficient (Wildman–Crippen LogP) is 2.26. The average Bonchev–Trinajstić information content (AvgIpc) is 2.53. The zero-order valence-corrected chi connectivity index (χ0v) is 15.6. The number of hydrogen-bond acceptors (Lipinski definition) is 6. The first kappa shape index (κ1) is 19.5. The van der Waals surface area contributed by atoms with Crippen LogP contribution in [0.3, 0.4) is 0 Å². The summed E-state index contributed by atoms with van der Waals surface area (Å²) in [6.07, 6.45) is 2.36. The normalized spacial score (nSPS) is 11.4. The van der Waals surface area contributed by atoms with Crippen molar-refractivity contribution in [3.63, 3.8) is 0 Å². The number of anilines is 1. The van der Waals surface area contributed by atoms with Crippen molar-refractivity contribution in [2.75, 3.05) is 11.6 Å². The molecule has 0 fully saturated rings. The van der Waals surface area contributed by atoms with Crippen molar-refractivity contribution in [3.05, 3.63) is 47.0 Å². The highest BCUT2D eigenvalue weighted by Gasteiger charge is 2.19. The SMILES string of the molecule is Cc1ncc(C(=O)Nc2cc(C(=O)O)cc(S(C)(=O)=O)c2)c(C(C)C)n1. The Hall–Kier alpha value is -2.81. The number of rotatable bonds is 5. The number of carbonyl (C=O) groups excluding carboxylic acids is 1. The Morgan fingerprint density at radius 3 is 2.38 bits per heavy atom. The number of hydrogen-bond donors (Lipinski definition) is 2. The molecule has 0 aliphatic carbocycles. The lowest BCUT2D eigenvalue weighted by molar-refractivity contribution is 0.0696. The Labute approximate surface area is 151 Å². The smallest absolute Gasteiger partial charge is 0.335 e. The van der Waals surface area contributed by atoms with Gasteiger partial charge in [-0.15, -0.1) is 0 Å². The molecule has 0 bridgehead atoms. The molecule has 0 radical (unpaired) electrons. The number of carbonyl (C=O) groups is 2. The molecule has 0 saturated carbocycles. The van der Waals surface area contributed by atoms with E-state index < -0.39 is 21.7 Å². The van der Waals surface area contributed by atoms with Crippen LogP contribution in [0.2, 0.25) is 0 Å². The van der Waals surface area contributed by atoms with Gasteiger partial charge in [-0.2, -0.15) is 0 Å². The maximum absolute atomic E-state index is 12.6. The van der Waals surface area contributed by atoms with Gasteiger partial charge in [0, 0.05) is 18.1 Å². The van der Waals surface area contributed by atoms with Crippen LogP contribution in [0.4, 0.5) is 5.69 Å². The number of nitrogens with zero attached hydrogens (tertiary/aromatic N) is 2. The number of benzene rings is 1. The minimum absolute atomic E-state index is 0.0330. The molecule has 9 heteroatoms. The number of aromatic nitrogens is 2. The van der Waals surface area contributed by atoms with Gasteiger partial charge in [0.2, 0.25) is 0 Å². The first-order valence-corrected chi connectivity index (χ1v) is 9.61. The number of amides is 1. The summed E-state index contributed by atoms with van der Waals surface area (Å²) < 4.78 is 23.5. The average molecular weight is 377 g/mol. The Kier molecular flexibility index (Phi) is 5.41. The van der Waals surface area contributed by atoms with E-state index in [9.17, 15) is 23.1 Å². The Balaban J connectivity index is 2.47. The molecule has 2 rings (SSSR count). The van der Waals surface area contributed by atoms with E-state index in [2.05, 4.69) is 15.3 Å². The molecule has 1 amide bonds. The lowest BCUT2D eigenvalue weighted by atomic mass is 10.0. The molecule has 2 aromatic rings. The highest BCUT2D eigenvalue weighted by atomic mass is 32.2. The van der Waals surface area contributed by atoms with E-state index in [1.165, 1.54) is 18.3 Å². The Morgan fingerprint density at radius 1 is 1.19 bits per heavy atom. The molecule has 1 heterocycles. The van der Waals surface area contributed by atoms with Crippen molar-refractivity contribution in [3.8, 4) is 0 Å². The molecule has 26 heavy (non-hydrogen) atoms. The van der Waals surface area contributed by atoms with Crippen LogP contribution in [0.5, 0.6) is 0 Å². The monoisotopic (exact) mass is 377 g/mol. The summed E-state index contributed by atoms with van der Waals surface area (Å²) in [7, 11) is -3.65. The second kappa shape index (κ2) is 7.20. The number of nitrogens with one attached hydrogen (secondary N) is 1. The molecule has 2 N–H and O–H groups in total. The minimum Gasteiger partial charge on any atom is -0.478 e. The molecule has 138 valence electrons. The Bertz CT molecular complexity index is 984. The fourth-order valence-corrected chi connectivity index (χ4v) is 2.99. The predicted molar refractivity (Wildman–Crippen MR) is 95.3 cm³/mol. The van der Waals surface area contributed by atoms with Crippen LogP contribution >= 0.6 is 0 Å². The second-order valence-corrected chi connectivity index (χ2v) is 8.16. The number of carboxylic acid groups (broad SMARTS) is 1. The molecule has 0 saturated heterocycles. The molecule has 0 spiro atoms. The summed E-state index contributed by atoms with van der Waals surface area (Å²) in [5, 5.41) is 11.7. The summed E-state index contributed by atoms with van der Waals surface area (Å²) in [4.78, 5) is 32.0. The number of aryl methyl sites for hydroxylation is 1. The first-order chi connectivity index (χ1) is 12.0. The van der Waals surface area contributed by atoms with Crippen molar-refractivity contribution in [1.29, 1.82) is 0 Å². The van der Waals surface area contributed by atoms with Gasteiger partial charge in [-0.05, 0) is 31.0 Å². The van der Waals surface area contributed by atoms with Gasteiger partial charge in [0.05, 0.1) is 21.7 Å². The van der Waals surface area contributed by atoms with E-state index in [0.29, 0.717) is 11.5 Å². The van der Waals surface area contributed by atoms with Crippen molar-refractivity contribution in [1.82, 2.24) is 9.97 Å². The van der Waals surface area contributed by atoms with Gasteiger partial charge in [0.15, 0.2) is 9.84 Å². The Morgan fingerprint density at radius 2 is 1.85 bits per heavy atom. The summed E-state index contributed by atoms with van der Waals surface area (Å²) in [5.41, 5.74) is 0.609. The highest BCUT2D eigenvalue weighted by Crippen LogP contribution is 2.22. The van der Waals surface area contributed by atoms with Crippen LogP contribution in [0.15, 0.2) is 29.3 Å². The summed E-state index contributed by atoms with van der Waals surface area (Å²) in [6.45, 7) is 5.47. The van der Waals surface area contributed by atoms with Gasteiger partial charge < -0.3 is 10.4 Å². The topological polar surface area (TPSA) is 126 Å². The van der Waals surface area contributed by atoms with Crippen LogP contribution in [0.25, 0.3) is 0 Å². The second-order valence-electron chi connectivity index (χ2n) is 6.15. The largest absolute Gasteiger partial charge is 0.478 e. The van der Waals surface area contributed by atoms with Gasteiger partial charge in [0.25, 0.3) is 5.91 Å². The third-order valence-corrected chi connectivity index (χ3v) is 4.66.